The summed E-state index contributed by atoms with van der Waals surface area (Å²) in [5.41, 5.74) is 5.52. The Kier molecular flexibility index (Phi) is 12.4. The van der Waals surface area contributed by atoms with Crippen molar-refractivity contribution in [2.45, 2.75) is 83.3 Å². The summed E-state index contributed by atoms with van der Waals surface area (Å²) in [5, 5.41) is 44.3. The monoisotopic (exact) mass is 462 g/mol. The van der Waals surface area contributed by atoms with Gasteiger partial charge in [-0.1, -0.05) is 20.3 Å². The molecule has 0 spiro atoms. The molecule has 32 heavy (non-hydrogen) atoms. The summed E-state index contributed by atoms with van der Waals surface area (Å²) in [5.74, 6) is -5.86. The van der Waals surface area contributed by atoms with Gasteiger partial charge in [0.2, 0.25) is 17.7 Å². The van der Waals surface area contributed by atoms with Crippen molar-refractivity contribution in [1.29, 1.82) is 0 Å². The van der Waals surface area contributed by atoms with Crippen LogP contribution in [0.1, 0.15) is 47.0 Å². The Morgan fingerprint density at radius 1 is 0.812 bits per heavy atom. The zero-order valence-corrected chi connectivity index (χ0v) is 18.6. The van der Waals surface area contributed by atoms with Crippen molar-refractivity contribution in [3.8, 4) is 0 Å². The normalized spacial score (nSPS) is 17.6. The highest BCUT2D eigenvalue weighted by atomic mass is 16.4. The zero-order chi connectivity index (χ0) is 25.2. The van der Waals surface area contributed by atoms with Crippen LogP contribution in [0.3, 0.4) is 0 Å². The number of aliphatic carboxylic acids is 2. The predicted molar refractivity (Wildman–Crippen MR) is 111 cm³/mol. The molecule has 0 aliphatic rings. The Labute approximate surface area is 185 Å². The number of hydrogen-bond donors (Lipinski definition) is 8. The highest BCUT2D eigenvalue weighted by Gasteiger charge is 2.34. The molecule has 0 aromatic heterocycles. The van der Waals surface area contributed by atoms with Crippen LogP contribution in [-0.4, -0.2) is 86.5 Å². The fourth-order valence-electron chi connectivity index (χ4n) is 2.61. The zero-order valence-electron chi connectivity index (χ0n) is 18.6. The van der Waals surface area contributed by atoms with E-state index in [9.17, 15) is 39.3 Å². The minimum atomic E-state index is -1.58. The molecule has 9 N–H and O–H groups in total. The van der Waals surface area contributed by atoms with E-state index in [4.69, 9.17) is 10.8 Å². The van der Waals surface area contributed by atoms with Crippen LogP contribution in [0.4, 0.5) is 0 Å². The molecule has 0 aromatic rings. The van der Waals surface area contributed by atoms with Gasteiger partial charge in [-0.2, -0.15) is 0 Å². The van der Waals surface area contributed by atoms with E-state index in [-0.39, 0.29) is 6.42 Å². The van der Waals surface area contributed by atoms with E-state index in [1.165, 1.54) is 13.8 Å². The smallest absolute Gasteiger partial charge is 0.326 e. The first kappa shape index (κ1) is 29.2. The summed E-state index contributed by atoms with van der Waals surface area (Å²) in [6, 6.07) is -5.68. The van der Waals surface area contributed by atoms with E-state index in [1.807, 2.05) is 0 Å². The summed E-state index contributed by atoms with van der Waals surface area (Å²) in [7, 11) is 0. The molecule has 184 valence electrons. The van der Waals surface area contributed by atoms with Crippen LogP contribution < -0.4 is 21.7 Å². The van der Waals surface area contributed by atoms with Gasteiger partial charge in [-0.15, -0.1) is 0 Å². The maximum atomic E-state index is 12.7. The van der Waals surface area contributed by atoms with E-state index < -0.39 is 78.4 Å². The molecule has 0 bridgehead atoms. The molecule has 7 atom stereocenters. The molecule has 0 saturated carbocycles. The molecule has 0 radical (unpaired) electrons. The number of carbonyl (C=O) groups is 5. The van der Waals surface area contributed by atoms with Crippen LogP contribution in [0.15, 0.2) is 0 Å². The van der Waals surface area contributed by atoms with Crippen molar-refractivity contribution in [1.82, 2.24) is 16.0 Å². The van der Waals surface area contributed by atoms with E-state index >= 15 is 0 Å². The lowest BCUT2D eigenvalue weighted by Gasteiger charge is -2.27. The Hall–Kier alpha value is -2.77. The average molecular weight is 463 g/mol. The molecule has 3 amide bonds. The quantitative estimate of drug-likeness (QED) is 0.135. The minimum absolute atomic E-state index is 0.363. The summed E-state index contributed by atoms with van der Waals surface area (Å²) >= 11 is 0. The molecular formula is C19H34N4O9. The number of aliphatic hydroxyl groups is 2. The molecular weight excluding hydrogens is 428 g/mol. The lowest BCUT2D eigenvalue weighted by atomic mass is 9.98. The third kappa shape index (κ3) is 9.58. The highest BCUT2D eigenvalue weighted by molar-refractivity contribution is 5.94. The van der Waals surface area contributed by atoms with Gasteiger partial charge in [0, 0.05) is 6.42 Å². The second-order valence-corrected chi connectivity index (χ2v) is 7.70. The Morgan fingerprint density at radius 3 is 1.75 bits per heavy atom. The van der Waals surface area contributed by atoms with E-state index in [0.29, 0.717) is 6.42 Å². The molecule has 0 aliphatic heterocycles. The first-order valence-corrected chi connectivity index (χ1v) is 10.2. The molecule has 0 rings (SSSR count). The first-order chi connectivity index (χ1) is 14.7. The first-order valence-electron chi connectivity index (χ1n) is 10.2. The van der Waals surface area contributed by atoms with Crippen molar-refractivity contribution >= 4 is 29.7 Å². The third-order valence-corrected chi connectivity index (χ3v) is 4.94. The molecule has 0 aromatic carbocycles. The largest absolute Gasteiger partial charge is 0.481 e. The lowest BCUT2D eigenvalue weighted by molar-refractivity contribution is -0.144. The number of nitrogens with one attached hydrogen (secondary N) is 3. The molecule has 0 aliphatic carbocycles. The minimum Gasteiger partial charge on any atom is -0.481 e. The van der Waals surface area contributed by atoms with E-state index in [0.717, 1.165) is 0 Å². The van der Waals surface area contributed by atoms with Crippen molar-refractivity contribution in [2.24, 2.45) is 11.7 Å². The fourth-order valence-corrected chi connectivity index (χ4v) is 2.61. The summed E-state index contributed by atoms with van der Waals surface area (Å²) in [6.45, 7) is 5.78. The number of rotatable bonds is 14. The number of nitrogens with two attached hydrogens (primary N) is 1. The maximum absolute atomic E-state index is 12.7. The van der Waals surface area contributed by atoms with Gasteiger partial charge in [-0.25, -0.2) is 4.79 Å². The number of carbonyl (C=O) groups excluding carboxylic acids is 3. The van der Waals surface area contributed by atoms with Crippen molar-refractivity contribution in [2.75, 3.05) is 0 Å². The van der Waals surface area contributed by atoms with Gasteiger partial charge >= 0.3 is 11.9 Å². The standard InChI is InChI=1S/C19H34N4O9/c1-5-8(2)14(19(31)32)22-18(30)15(10(4)25)23-16(28)11(6-7-12(26)27)21-17(29)13(20)9(3)24/h8-11,13-15,24-25H,5-7,20H2,1-4H3,(H,21,29)(H,22,30)(H,23,28)(H,26,27)(H,31,32). The molecule has 0 saturated heterocycles. The summed E-state index contributed by atoms with van der Waals surface area (Å²) < 4.78 is 0. The van der Waals surface area contributed by atoms with Crippen molar-refractivity contribution in [3.63, 3.8) is 0 Å². The second-order valence-electron chi connectivity index (χ2n) is 7.70. The van der Waals surface area contributed by atoms with Gasteiger partial charge < -0.3 is 42.1 Å². The molecule has 0 heterocycles. The fraction of sp³-hybridized carbons (Fsp3) is 0.737. The number of hydrogen-bond acceptors (Lipinski definition) is 8. The van der Waals surface area contributed by atoms with Gasteiger partial charge in [0.05, 0.1) is 12.2 Å². The van der Waals surface area contributed by atoms with Gasteiger partial charge in [-0.3, -0.25) is 19.2 Å². The Balaban J connectivity index is 5.53. The third-order valence-electron chi connectivity index (χ3n) is 4.94. The van der Waals surface area contributed by atoms with E-state index in [2.05, 4.69) is 16.0 Å². The average Bonchev–Trinajstić information content (AvgIpc) is 2.70. The second kappa shape index (κ2) is 13.6. The Bertz CT molecular complexity index is 684. The van der Waals surface area contributed by atoms with Crippen molar-refractivity contribution in [3.05, 3.63) is 0 Å². The number of carboxylic acid groups (broad SMARTS) is 2. The van der Waals surface area contributed by atoms with Crippen LogP contribution in [-0.2, 0) is 24.0 Å². The van der Waals surface area contributed by atoms with Gasteiger partial charge in [0.15, 0.2) is 0 Å². The maximum Gasteiger partial charge on any atom is 0.326 e. The van der Waals surface area contributed by atoms with Crippen LogP contribution in [0, 0.1) is 5.92 Å². The SMILES string of the molecule is CCC(C)C(NC(=O)C(NC(=O)C(CCC(=O)O)NC(=O)C(N)C(C)O)C(C)O)C(=O)O. The van der Waals surface area contributed by atoms with Crippen LogP contribution >= 0.6 is 0 Å². The number of amides is 3. The number of carboxylic acids is 2. The van der Waals surface area contributed by atoms with E-state index in [1.54, 1.807) is 13.8 Å². The summed E-state index contributed by atoms with van der Waals surface area (Å²) in [4.78, 5) is 59.7. The Morgan fingerprint density at radius 2 is 1.34 bits per heavy atom. The molecule has 13 heteroatoms. The number of aliphatic hydroxyl groups excluding tert-OH is 2. The highest BCUT2D eigenvalue weighted by Crippen LogP contribution is 2.09. The predicted octanol–water partition coefficient (Wildman–Crippen LogP) is -2.47. The lowest BCUT2D eigenvalue weighted by Crippen LogP contribution is -2.60. The van der Waals surface area contributed by atoms with Gasteiger partial charge in [0.1, 0.15) is 24.2 Å². The van der Waals surface area contributed by atoms with Gasteiger partial charge in [-0.05, 0) is 26.2 Å². The van der Waals surface area contributed by atoms with Crippen LogP contribution in [0.25, 0.3) is 0 Å². The van der Waals surface area contributed by atoms with Crippen molar-refractivity contribution < 1.29 is 44.4 Å². The molecule has 13 nitrogen and oxygen atoms in total. The topological polar surface area (TPSA) is 228 Å². The van der Waals surface area contributed by atoms with Gasteiger partial charge in [0.25, 0.3) is 0 Å². The summed E-state index contributed by atoms with van der Waals surface area (Å²) in [6.07, 6.45) is -3.12. The van der Waals surface area contributed by atoms with Crippen LogP contribution in [0.5, 0.6) is 0 Å². The molecule has 0 fully saturated rings. The van der Waals surface area contributed by atoms with Crippen LogP contribution in [0.2, 0.25) is 0 Å². The molecule has 7 unspecified atom stereocenters.